The van der Waals surface area contributed by atoms with E-state index in [-0.39, 0.29) is 6.09 Å². The van der Waals surface area contributed by atoms with Gasteiger partial charge in [-0.3, -0.25) is 0 Å². The number of para-hydroxylation sites is 1. The molecule has 0 aliphatic carbocycles. The number of carbonyl (C=O) groups is 1. The Balaban J connectivity index is 2.23. The maximum absolute atomic E-state index is 12.6. The zero-order chi connectivity index (χ0) is 15.2. The number of benzene rings is 1. The minimum absolute atomic E-state index is 0.363. The van der Waals surface area contributed by atoms with E-state index in [9.17, 15) is 4.79 Å². The van der Waals surface area contributed by atoms with Crippen LogP contribution in [-0.2, 0) is 11.2 Å². The molecule has 0 saturated heterocycles. The lowest BCUT2D eigenvalue weighted by Crippen LogP contribution is -2.27. The molecule has 0 amide bonds. The van der Waals surface area contributed by atoms with Gasteiger partial charge in [-0.1, -0.05) is 18.2 Å². The van der Waals surface area contributed by atoms with E-state index in [1.807, 2.05) is 52.0 Å². The molecule has 1 aromatic carbocycles. The first-order valence-corrected chi connectivity index (χ1v) is 7.26. The molecular weight excluding hydrogens is 264 g/mol. The van der Waals surface area contributed by atoms with E-state index in [4.69, 9.17) is 4.74 Å². The minimum atomic E-state index is -0.525. The molecule has 0 unspecified atom stereocenters. The molecule has 2 aromatic rings. The molecule has 0 bridgehead atoms. The van der Waals surface area contributed by atoms with Crippen LogP contribution in [0.15, 0.2) is 29.3 Å². The van der Waals surface area contributed by atoms with E-state index < -0.39 is 5.60 Å². The fourth-order valence-corrected chi connectivity index (χ4v) is 2.69. The molecule has 0 atom stereocenters. The van der Waals surface area contributed by atoms with Gasteiger partial charge in [-0.25, -0.2) is 14.4 Å². The summed E-state index contributed by atoms with van der Waals surface area (Å²) in [4.78, 5) is 17.2. The monoisotopic (exact) mass is 284 g/mol. The molecule has 1 aliphatic heterocycles. The molecule has 4 heteroatoms. The van der Waals surface area contributed by atoms with Gasteiger partial charge in [0.25, 0.3) is 0 Å². The highest BCUT2D eigenvalue weighted by Gasteiger charge is 2.26. The number of nitrogens with zero attached hydrogens (tertiary/aromatic N) is 2. The summed E-state index contributed by atoms with van der Waals surface area (Å²) in [5.74, 6) is 0.731. The first-order valence-electron chi connectivity index (χ1n) is 7.26. The summed E-state index contributed by atoms with van der Waals surface area (Å²) in [5.41, 5.74) is 2.54. The zero-order valence-electron chi connectivity index (χ0n) is 12.9. The van der Waals surface area contributed by atoms with E-state index in [0.29, 0.717) is 0 Å². The first-order chi connectivity index (χ1) is 9.87. The topological polar surface area (TPSA) is 43.6 Å². The predicted octanol–water partition coefficient (Wildman–Crippen LogP) is 4.46. The van der Waals surface area contributed by atoms with Crippen molar-refractivity contribution in [2.24, 2.45) is 4.99 Å². The highest BCUT2D eigenvalue weighted by molar-refractivity contribution is 6.00. The van der Waals surface area contributed by atoms with Gasteiger partial charge in [-0.2, -0.15) is 0 Å². The maximum atomic E-state index is 12.6. The van der Waals surface area contributed by atoms with Crippen LogP contribution in [0.1, 0.15) is 39.7 Å². The molecule has 2 heterocycles. The van der Waals surface area contributed by atoms with Gasteiger partial charge >= 0.3 is 6.09 Å². The van der Waals surface area contributed by atoms with Gasteiger partial charge in [0.1, 0.15) is 11.4 Å². The van der Waals surface area contributed by atoms with Crippen LogP contribution in [0.2, 0.25) is 0 Å². The van der Waals surface area contributed by atoms with Crippen molar-refractivity contribution in [2.75, 3.05) is 0 Å². The number of hydrogen-bond acceptors (Lipinski definition) is 3. The van der Waals surface area contributed by atoms with Crippen molar-refractivity contribution in [1.82, 2.24) is 4.57 Å². The van der Waals surface area contributed by atoms with Gasteiger partial charge in [0.05, 0.1) is 5.52 Å². The smallest absolute Gasteiger partial charge is 0.420 e. The summed E-state index contributed by atoms with van der Waals surface area (Å²) >= 11 is 0. The van der Waals surface area contributed by atoms with Crippen molar-refractivity contribution in [2.45, 2.75) is 46.1 Å². The third kappa shape index (κ3) is 2.46. The van der Waals surface area contributed by atoms with Crippen LogP contribution < -0.4 is 0 Å². The third-order valence-electron chi connectivity index (χ3n) is 3.56. The van der Waals surface area contributed by atoms with Crippen LogP contribution in [0, 0.1) is 0 Å². The van der Waals surface area contributed by atoms with Crippen LogP contribution in [0.4, 0.5) is 10.6 Å². The van der Waals surface area contributed by atoms with Crippen molar-refractivity contribution < 1.29 is 9.53 Å². The van der Waals surface area contributed by atoms with Gasteiger partial charge in [-0.15, -0.1) is 0 Å². The molecular formula is C17H20N2O2. The lowest BCUT2D eigenvalue weighted by molar-refractivity contribution is 0.0547. The van der Waals surface area contributed by atoms with Crippen molar-refractivity contribution in [3.63, 3.8) is 0 Å². The molecule has 0 fully saturated rings. The predicted molar refractivity (Wildman–Crippen MR) is 84.7 cm³/mol. The first kappa shape index (κ1) is 13.9. The van der Waals surface area contributed by atoms with Gasteiger partial charge in [0.2, 0.25) is 0 Å². The number of hydrogen-bond donors (Lipinski definition) is 0. The molecule has 4 nitrogen and oxygen atoms in total. The summed E-state index contributed by atoms with van der Waals surface area (Å²) < 4.78 is 7.16. The molecule has 0 saturated carbocycles. The van der Waals surface area contributed by atoms with Crippen molar-refractivity contribution in [3.8, 4) is 0 Å². The Morgan fingerprint density at radius 1 is 1.24 bits per heavy atom. The van der Waals surface area contributed by atoms with Crippen LogP contribution in [0.5, 0.6) is 0 Å². The highest BCUT2D eigenvalue weighted by Crippen LogP contribution is 2.36. The SMILES string of the molecule is CC1=Nc2c(c3ccccc3n2C(=O)OC(C)(C)C)CC1. The molecule has 0 N–H and O–H groups in total. The molecule has 0 spiro atoms. The summed E-state index contributed by atoms with van der Waals surface area (Å²) in [5, 5.41) is 1.09. The summed E-state index contributed by atoms with van der Waals surface area (Å²) in [7, 11) is 0. The second-order valence-corrected chi connectivity index (χ2v) is 6.48. The van der Waals surface area contributed by atoms with Crippen molar-refractivity contribution >= 4 is 28.5 Å². The quantitative estimate of drug-likeness (QED) is 0.716. The number of aryl methyl sites for hydroxylation is 1. The Labute approximate surface area is 124 Å². The zero-order valence-corrected chi connectivity index (χ0v) is 12.9. The molecule has 1 aromatic heterocycles. The average molecular weight is 284 g/mol. The Kier molecular flexibility index (Phi) is 3.12. The summed E-state index contributed by atoms with van der Waals surface area (Å²) in [6, 6.07) is 7.92. The minimum Gasteiger partial charge on any atom is -0.443 e. The van der Waals surface area contributed by atoms with Gasteiger partial charge in [-0.05, 0) is 46.6 Å². The van der Waals surface area contributed by atoms with Crippen LogP contribution in [0.3, 0.4) is 0 Å². The fraction of sp³-hybridized carbons (Fsp3) is 0.412. The summed E-state index contributed by atoms with van der Waals surface area (Å²) in [6.45, 7) is 7.62. The van der Waals surface area contributed by atoms with Crippen LogP contribution >= 0.6 is 0 Å². The molecule has 1 aliphatic rings. The van der Waals surface area contributed by atoms with Crippen molar-refractivity contribution in [3.05, 3.63) is 29.8 Å². The number of fused-ring (bicyclic) bond motifs is 3. The normalized spacial score (nSPS) is 14.8. The van der Waals surface area contributed by atoms with E-state index in [0.717, 1.165) is 40.8 Å². The van der Waals surface area contributed by atoms with Crippen LogP contribution in [-0.4, -0.2) is 22.0 Å². The van der Waals surface area contributed by atoms with Gasteiger partial charge in [0, 0.05) is 16.7 Å². The number of aromatic nitrogens is 1. The van der Waals surface area contributed by atoms with Gasteiger partial charge < -0.3 is 4.74 Å². The maximum Gasteiger partial charge on any atom is 0.420 e. The molecule has 3 rings (SSSR count). The fourth-order valence-electron chi connectivity index (χ4n) is 2.69. The largest absolute Gasteiger partial charge is 0.443 e. The highest BCUT2D eigenvalue weighted by atomic mass is 16.6. The standard InChI is InChI=1S/C17H20N2O2/c1-11-9-10-13-12-7-5-6-8-14(12)19(15(13)18-11)16(20)21-17(2,3)4/h5-8H,9-10H2,1-4H3. The third-order valence-corrected chi connectivity index (χ3v) is 3.56. The van der Waals surface area contributed by atoms with E-state index in [1.54, 1.807) is 4.57 Å². The second-order valence-electron chi connectivity index (χ2n) is 6.48. The Bertz CT molecular complexity index is 748. The Morgan fingerprint density at radius 3 is 2.67 bits per heavy atom. The van der Waals surface area contributed by atoms with E-state index >= 15 is 0 Å². The lowest BCUT2D eigenvalue weighted by atomic mass is 10.0. The average Bonchev–Trinajstić information content (AvgIpc) is 2.70. The Morgan fingerprint density at radius 2 is 1.95 bits per heavy atom. The summed E-state index contributed by atoms with van der Waals surface area (Å²) in [6.07, 6.45) is 1.49. The molecule has 110 valence electrons. The molecule has 21 heavy (non-hydrogen) atoms. The Hall–Kier alpha value is -2.10. The van der Waals surface area contributed by atoms with E-state index in [1.165, 1.54) is 0 Å². The van der Waals surface area contributed by atoms with Crippen LogP contribution in [0.25, 0.3) is 10.9 Å². The number of ether oxygens (including phenoxy) is 1. The van der Waals surface area contributed by atoms with Gasteiger partial charge in [0.15, 0.2) is 0 Å². The van der Waals surface area contributed by atoms with Crippen molar-refractivity contribution in [1.29, 1.82) is 0 Å². The molecule has 0 radical (unpaired) electrons. The van der Waals surface area contributed by atoms with E-state index in [2.05, 4.69) is 4.99 Å². The number of aliphatic imine (C=N–C) groups is 1. The lowest BCUT2D eigenvalue weighted by Gasteiger charge is -2.21. The number of rotatable bonds is 0. The number of carbonyl (C=O) groups excluding carboxylic acids is 1. The second kappa shape index (κ2) is 4.72.